The van der Waals surface area contributed by atoms with Gasteiger partial charge in [-0.1, -0.05) is 41.4 Å². The first-order chi connectivity index (χ1) is 12.7. The van der Waals surface area contributed by atoms with Gasteiger partial charge in [-0.3, -0.25) is 0 Å². The molecule has 0 bridgehead atoms. The zero-order valence-corrected chi connectivity index (χ0v) is 15.5. The SMILES string of the molecule is O=C(NC1CCCN2c3cc(Cl)ccc3Oc3ccccc3C12)OCCl. The summed E-state index contributed by atoms with van der Waals surface area (Å²) in [4.78, 5) is 14.2. The van der Waals surface area contributed by atoms with Crippen molar-refractivity contribution in [3.05, 3.63) is 53.1 Å². The van der Waals surface area contributed by atoms with Crippen molar-refractivity contribution >= 4 is 35.0 Å². The Morgan fingerprint density at radius 1 is 1.27 bits per heavy atom. The quantitative estimate of drug-likeness (QED) is 0.724. The van der Waals surface area contributed by atoms with Gasteiger partial charge in [0.2, 0.25) is 0 Å². The number of hydrogen-bond donors (Lipinski definition) is 1. The number of ether oxygens (including phenoxy) is 2. The van der Waals surface area contributed by atoms with Crippen molar-refractivity contribution in [2.75, 3.05) is 17.5 Å². The highest BCUT2D eigenvalue weighted by molar-refractivity contribution is 6.31. The van der Waals surface area contributed by atoms with Crippen molar-refractivity contribution in [2.45, 2.75) is 24.9 Å². The van der Waals surface area contributed by atoms with E-state index >= 15 is 0 Å². The molecule has 7 heteroatoms. The largest absolute Gasteiger partial charge is 0.455 e. The third kappa shape index (κ3) is 3.17. The maximum Gasteiger partial charge on any atom is 0.408 e. The monoisotopic (exact) mass is 392 g/mol. The third-order valence-electron chi connectivity index (χ3n) is 4.81. The second-order valence-electron chi connectivity index (χ2n) is 6.32. The number of nitrogens with zero attached hydrogens (tertiary/aromatic N) is 1. The lowest BCUT2D eigenvalue weighted by atomic mass is 9.89. The van der Waals surface area contributed by atoms with Gasteiger partial charge in [-0.05, 0) is 37.1 Å². The Morgan fingerprint density at radius 2 is 2.12 bits per heavy atom. The Morgan fingerprint density at radius 3 is 2.96 bits per heavy atom. The van der Waals surface area contributed by atoms with Crippen LogP contribution in [0.5, 0.6) is 11.5 Å². The molecule has 0 spiro atoms. The molecular weight excluding hydrogens is 375 g/mol. The molecule has 2 aliphatic rings. The van der Waals surface area contributed by atoms with Crippen LogP contribution < -0.4 is 15.0 Å². The number of anilines is 1. The van der Waals surface area contributed by atoms with Crippen LogP contribution in [0.4, 0.5) is 10.5 Å². The number of amides is 1. The second kappa shape index (κ2) is 7.25. The number of para-hydroxylation sites is 1. The fourth-order valence-corrected chi connectivity index (χ4v) is 4.05. The smallest absolute Gasteiger partial charge is 0.408 e. The average Bonchev–Trinajstić information content (AvgIpc) is 2.77. The normalized spacial score (nSPS) is 20.8. The molecule has 1 fully saturated rings. The summed E-state index contributed by atoms with van der Waals surface area (Å²) in [7, 11) is 0. The Bertz CT molecular complexity index is 830. The second-order valence-corrected chi connectivity index (χ2v) is 6.98. The number of carbonyl (C=O) groups excluding carboxylic acids is 1. The summed E-state index contributed by atoms with van der Waals surface area (Å²) in [6.45, 7) is 0.846. The maximum absolute atomic E-state index is 12.0. The van der Waals surface area contributed by atoms with Crippen molar-refractivity contribution in [2.24, 2.45) is 0 Å². The molecule has 2 unspecified atom stereocenters. The van der Waals surface area contributed by atoms with Gasteiger partial charge in [-0.25, -0.2) is 4.79 Å². The van der Waals surface area contributed by atoms with Crippen LogP contribution in [0.2, 0.25) is 5.02 Å². The molecule has 0 radical (unpaired) electrons. The van der Waals surface area contributed by atoms with Gasteiger partial charge >= 0.3 is 6.09 Å². The van der Waals surface area contributed by atoms with E-state index < -0.39 is 6.09 Å². The highest BCUT2D eigenvalue weighted by Gasteiger charge is 2.38. The van der Waals surface area contributed by atoms with Crippen LogP contribution in [0, 0.1) is 0 Å². The van der Waals surface area contributed by atoms with Gasteiger partial charge in [0.1, 0.15) is 5.75 Å². The van der Waals surface area contributed by atoms with Gasteiger partial charge in [-0.15, -0.1) is 0 Å². The zero-order chi connectivity index (χ0) is 18.1. The molecule has 2 aromatic rings. The van der Waals surface area contributed by atoms with E-state index in [4.69, 9.17) is 32.7 Å². The first-order valence-electron chi connectivity index (χ1n) is 8.49. The van der Waals surface area contributed by atoms with Crippen molar-refractivity contribution < 1.29 is 14.3 Å². The zero-order valence-electron chi connectivity index (χ0n) is 14.0. The summed E-state index contributed by atoms with van der Waals surface area (Å²) in [5.74, 6) is 1.54. The van der Waals surface area contributed by atoms with E-state index in [0.717, 1.165) is 42.1 Å². The van der Waals surface area contributed by atoms with E-state index in [1.165, 1.54) is 0 Å². The first-order valence-corrected chi connectivity index (χ1v) is 9.41. The number of hydrogen-bond acceptors (Lipinski definition) is 4. The van der Waals surface area contributed by atoms with Gasteiger partial charge < -0.3 is 19.7 Å². The summed E-state index contributed by atoms with van der Waals surface area (Å²) in [5.41, 5.74) is 1.95. The lowest BCUT2D eigenvalue weighted by Gasteiger charge is -2.42. The molecule has 4 rings (SSSR count). The summed E-state index contributed by atoms with van der Waals surface area (Å²) < 4.78 is 11.1. The molecule has 5 nitrogen and oxygen atoms in total. The minimum atomic E-state index is -0.513. The Hall–Kier alpha value is -2.11. The van der Waals surface area contributed by atoms with Gasteiger partial charge in [0.25, 0.3) is 0 Å². The molecule has 0 aliphatic carbocycles. The Balaban J connectivity index is 1.80. The van der Waals surface area contributed by atoms with Gasteiger partial charge in [0, 0.05) is 17.1 Å². The van der Waals surface area contributed by atoms with Crippen LogP contribution in [0.15, 0.2) is 42.5 Å². The van der Waals surface area contributed by atoms with Crippen LogP contribution in [-0.2, 0) is 4.74 Å². The van der Waals surface area contributed by atoms with Gasteiger partial charge in [0.15, 0.2) is 11.8 Å². The molecule has 2 atom stereocenters. The van der Waals surface area contributed by atoms with Gasteiger partial charge in [-0.2, -0.15) is 0 Å². The molecule has 1 N–H and O–H groups in total. The number of rotatable bonds is 2. The number of halogens is 2. The van der Waals surface area contributed by atoms with Crippen LogP contribution in [0.1, 0.15) is 24.4 Å². The van der Waals surface area contributed by atoms with Crippen LogP contribution in [0.25, 0.3) is 0 Å². The van der Waals surface area contributed by atoms with Crippen molar-refractivity contribution in [3.8, 4) is 11.5 Å². The Labute approximate surface area is 161 Å². The third-order valence-corrected chi connectivity index (χ3v) is 5.15. The number of alkyl carbamates (subject to hydrolysis) is 1. The van der Waals surface area contributed by atoms with E-state index in [2.05, 4.69) is 10.2 Å². The van der Waals surface area contributed by atoms with E-state index in [0.29, 0.717) is 5.02 Å². The molecule has 1 amide bonds. The lowest BCUT2D eigenvalue weighted by Crippen LogP contribution is -2.50. The number of nitrogens with one attached hydrogen (secondary N) is 1. The standard InChI is InChI=1S/C19H18Cl2N2O3/c20-11-25-19(24)22-14-5-3-9-23-15-10-12(21)7-8-17(15)26-16-6-2-1-4-13(16)18(14)23/h1-2,4,6-8,10,14,18H,3,5,9,11H2,(H,22,24). The van der Waals surface area contributed by atoms with E-state index in [1.54, 1.807) is 0 Å². The number of alkyl halides is 1. The minimum Gasteiger partial charge on any atom is -0.455 e. The van der Waals surface area contributed by atoms with E-state index in [9.17, 15) is 4.79 Å². The highest BCUT2D eigenvalue weighted by atomic mass is 35.5. The average molecular weight is 393 g/mol. The number of carbonyl (C=O) groups is 1. The topological polar surface area (TPSA) is 50.8 Å². The van der Waals surface area contributed by atoms with Crippen molar-refractivity contribution in [1.29, 1.82) is 0 Å². The van der Waals surface area contributed by atoms with Crippen LogP contribution in [-0.4, -0.2) is 24.7 Å². The van der Waals surface area contributed by atoms with Crippen molar-refractivity contribution in [3.63, 3.8) is 0 Å². The maximum atomic E-state index is 12.0. The lowest BCUT2D eigenvalue weighted by molar-refractivity contribution is 0.155. The predicted octanol–water partition coefficient (Wildman–Crippen LogP) is 5.08. The predicted molar refractivity (Wildman–Crippen MR) is 101 cm³/mol. The van der Waals surface area contributed by atoms with Crippen molar-refractivity contribution in [1.82, 2.24) is 5.32 Å². The first kappa shape index (κ1) is 17.3. The number of fused-ring (bicyclic) bond motifs is 5. The fraction of sp³-hybridized carbons (Fsp3) is 0.316. The number of piperidine rings is 1. The molecule has 1 saturated heterocycles. The van der Waals surface area contributed by atoms with Crippen LogP contribution in [0.3, 0.4) is 0 Å². The summed E-state index contributed by atoms with van der Waals surface area (Å²) in [6.07, 6.45) is 1.25. The molecule has 0 saturated carbocycles. The molecular formula is C19H18Cl2N2O3. The highest BCUT2D eigenvalue weighted by Crippen LogP contribution is 2.48. The van der Waals surface area contributed by atoms with Gasteiger partial charge in [0.05, 0.1) is 17.8 Å². The minimum absolute atomic E-state index is 0.0810. The summed E-state index contributed by atoms with van der Waals surface area (Å²) >= 11 is 11.8. The molecule has 26 heavy (non-hydrogen) atoms. The molecule has 2 heterocycles. The molecule has 0 aromatic heterocycles. The molecule has 2 aromatic carbocycles. The summed E-state index contributed by atoms with van der Waals surface area (Å²) in [5, 5.41) is 3.60. The van der Waals surface area contributed by atoms with Crippen LogP contribution >= 0.6 is 23.2 Å². The van der Waals surface area contributed by atoms with E-state index in [1.807, 2.05) is 42.5 Å². The van der Waals surface area contributed by atoms with E-state index in [-0.39, 0.29) is 18.1 Å². The number of benzene rings is 2. The molecule has 136 valence electrons. The fourth-order valence-electron chi connectivity index (χ4n) is 3.78. The molecule has 2 aliphatic heterocycles. The summed E-state index contributed by atoms with van der Waals surface area (Å²) in [6, 6.07) is 13.1. The Kier molecular flexibility index (Phi) is 4.83.